The summed E-state index contributed by atoms with van der Waals surface area (Å²) in [6.45, 7) is 1.15. The SMILES string of the molecule is COc1cc(C2OCCO2)c(Br)c(OC)c1OC. The standard InChI is InChI=1S/C12H15BrO5/c1-14-8-6-7(12-17-4-5-18-12)9(13)11(16-3)10(8)15-2/h6,12H,4-5H2,1-3H3. The molecule has 0 aromatic heterocycles. The predicted molar refractivity (Wildman–Crippen MR) is 68.4 cm³/mol. The van der Waals surface area contributed by atoms with Crippen LogP contribution in [-0.4, -0.2) is 34.5 Å². The van der Waals surface area contributed by atoms with Crippen LogP contribution in [0.1, 0.15) is 11.9 Å². The van der Waals surface area contributed by atoms with Crippen LogP contribution < -0.4 is 14.2 Å². The first-order valence-corrected chi connectivity index (χ1v) is 6.23. The Kier molecular flexibility index (Phi) is 4.31. The van der Waals surface area contributed by atoms with Crippen molar-refractivity contribution in [3.63, 3.8) is 0 Å². The second-order valence-corrected chi connectivity index (χ2v) is 4.42. The second-order valence-electron chi connectivity index (χ2n) is 3.62. The first kappa shape index (κ1) is 13.5. The Morgan fingerprint density at radius 1 is 1.06 bits per heavy atom. The first-order chi connectivity index (χ1) is 8.72. The third-order valence-corrected chi connectivity index (χ3v) is 3.49. The van der Waals surface area contributed by atoms with Gasteiger partial charge in [-0.05, 0) is 22.0 Å². The van der Waals surface area contributed by atoms with E-state index in [0.717, 1.165) is 10.0 Å². The first-order valence-electron chi connectivity index (χ1n) is 5.44. The minimum atomic E-state index is -0.409. The van der Waals surface area contributed by atoms with Crippen molar-refractivity contribution in [2.24, 2.45) is 0 Å². The van der Waals surface area contributed by atoms with Crippen LogP contribution in [0, 0.1) is 0 Å². The highest BCUT2D eigenvalue weighted by atomic mass is 79.9. The smallest absolute Gasteiger partial charge is 0.204 e. The fourth-order valence-corrected chi connectivity index (χ4v) is 2.49. The third kappa shape index (κ3) is 2.28. The summed E-state index contributed by atoms with van der Waals surface area (Å²) in [7, 11) is 4.71. The molecule has 0 unspecified atom stereocenters. The van der Waals surface area contributed by atoms with Gasteiger partial charge in [0.1, 0.15) is 0 Å². The third-order valence-electron chi connectivity index (χ3n) is 2.67. The minimum absolute atomic E-state index is 0.409. The lowest BCUT2D eigenvalue weighted by Gasteiger charge is -2.19. The van der Waals surface area contributed by atoms with Gasteiger partial charge in [-0.3, -0.25) is 0 Å². The molecule has 0 atom stereocenters. The summed E-state index contributed by atoms with van der Waals surface area (Å²) in [6, 6.07) is 1.82. The Morgan fingerprint density at radius 3 is 2.17 bits per heavy atom. The van der Waals surface area contributed by atoms with Gasteiger partial charge in [-0.2, -0.15) is 0 Å². The molecule has 6 heteroatoms. The minimum Gasteiger partial charge on any atom is -0.493 e. The van der Waals surface area contributed by atoms with Gasteiger partial charge in [-0.15, -0.1) is 0 Å². The van der Waals surface area contributed by atoms with Crippen LogP contribution in [0.25, 0.3) is 0 Å². The molecule has 0 spiro atoms. The molecule has 1 heterocycles. The molecule has 2 rings (SSSR count). The van der Waals surface area contributed by atoms with Crippen molar-refractivity contribution in [3.8, 4) is 17.2 Å². The predicted octanol–water partition coefficient (Wildman–Crippen LogP) is 2.52. The molecule has 1 aliphatic heterocycles. The van der Waals surface area contributed by atoms with E-state index in [0.29, 0.717) is 30.5 Å². The molecule has 1 saturated heterocycles. The van der Waals surface area contributed by atoms with E-state index in [1.807, 2.05) is 6.07 Å². The van der Waals surface area contributed by atoms with E-state index in [2.05, 4.69) is 15.9 Å². The van der Waals surface area contributed by atoms with Crippen molar-refractivity contribution < 1.29 is 23.7 Å². The summed E-state index contributed by atoms with van der Waals surface area (Å²) < 4.78 is 27.7. The van der Waals surface area contributed by atoms with Crippen LogP contribution in [0.15, 0.2) is 10.5 Å². The van der Waals surface area contributed by atoms with Gasteiger partial charge >= 0.3 is 0 Å². The number of hydrogen-bond acceptors (Lipinski definition) is 5. The molecular formula is C12H15BrO5. The average molecular weight is 319 g/mol. The van der Waals surface area contributed by atoms with E-state index in [9.17, 15) is 0 Å². The molecule has 1 fully saturated rings. The Bertz CT molecular complexity index is 429. The van der Waals surface area contributed by atoms with E-state index in [4.69, 9.17) is 23.7 Å². The van der Waals surface area contributed by atoms with Gasteiger partial charge < -0.3 is 23.7 Å². The van der Waals surface area contributed by atoms with Crippen molar-refractivity contribution in [1.82, 2.24) is 0 Å². The van der Waals surface area contributed by atoms with Crippen LogP contribution in [0.2, 0.25) is 0 Å². The molecule has 0 saturated carbocycles. The Morgan fingerprint density at radius 2 is 1.67 bits per heavy atom. The van der Waals surface area contributed by atoms with E-state index in [1.54, 1.807) is 21.3 Å². The van der Waals surface area contributed by atoms with Gasteiger partial charge in [0.05, 0.1) is 39.0 Å². The van der Waals surface area contributed by atoms with Crippen molar-refractivity contribution >= 4 is 15.9 Å². The number of hydrogen-bond donors (Lipinski definition) is 0. The van der Waals surface area contributed by atoms with E-state index in [-0.39, 0.29) is 0 Å². The average Bonchev–Trinajstić information content (AvgIpc) is 2.91. The Labute approximate surface area is 114 Å². The van der Waals surface area contributed by atoms with Gasteiger partial charge in [-0.25, -0.2) is 0 Å². The maximum absolute atomic E-state index is 5.49. The van der Waals surface area contributed by atoms with Crippen molar-refractivity contribution in [3.05, 3.63) is 16.1 Å². The maximum atomic E-state index is 5.49. The topological polar surface area (TPSA) is 46.2 Å². The van der Waals surface area contributed by atoms with Crippen LogP contribution in [0.5, 0.6) is 17.2 Å². The second kappa shape index (κ2) is 5.77. The molecule has 0 aliphatic carbocycles. The maximum Gasteiger partial charge on any atom is 0.204 e. The molecule has 1 aromatic carbocycles. The summed E-state index contributed by atoms with van der Waals surface area (Å²) in [6.07, 6.45) is -0.409. The highest BCUT2D eigenvalue weighted by Gasteiger charge is 2.27. The van der Waals surface area contributed by atoms with Gasteiger partial charge in [0, 0.05) is 5.56 Å². The quantitative estimate of drug-likeness (QED) is 0.853. The normalized spacial score (nSPS) is 15.8. The van der Waals surface area contributed by atoms with Gasteiger partial charge in [-0.1, -0.05) is 0 Å². The number of methoxy groups -OCH3 is 3. The molecule has 18 heavy (non-hydrogen) atoms. The summed E-state index contributed by atoms with van der Waals surface area (Å²) in [5.74, 6) is 1.67. The largest absolute Gasteiger partial charge is 0.493 e. The number of halogens is 1. The molecule has 100 valence electrons. The van der Waals surface area contributed by atoms with Crippen LogP contribution in [0.4, 0.5) is 0 Å². The summed E-state index contributed by atoms with van der Waals surface area (Å²) in [4.78, 5) is 0. The highest BCUT2D eigenvalue weighted by molar-refractivity contribution is 9.10. The zero-order valence-electron chi connectivity index (χ0n) is 10.5. The molecule has 0 N–H and O–H groups in total. The lowest BCUT2D eigenvalue weighted by atomic mass is 10.1. The molecule has 0 amide bonds. The van der Waals surface area contributed by atoms with Gasteiger partial charge in [0.15, 0.2) is 17.8 Å². The van der Waals surface area contributed by atoms with E-state index < -0.39 is 6.29 Å². The monoisotopic (exact) mass is 318 g/mol. The summed E-state index contributed by atoms with van der Waals surface area (Å²) in [5.41, 5.74) is 0.821. The zero-order valence-corrected chi connectivity index (χ0v) is 12.1. The van der Waals surface area contributed by atoms with Gasteiger partial charge in [0.2, 0.25) is 5.75 Å². The molecule has 0 radical (unpaired) electrons. The molecule has 5 nitrogen and oxygen atoms in total. The Balaban J connectivity index is 2.53. The molecule has 1 aliphatic rings. The number of benzene rings is 1. The van der Waals surface area contributed by atoms with Gasteiger partial charge in [0.25, 0.3) is 0 Å². The Hall–Kier alpha value is -0.980. The highest BCUT2D eigenvalue weighted by Crippen LogP contribution is 2.47. The molecule has 0 bridgehead atoms. The zero-order chi connectivity index (χ0) is 13.1. The van der Waals surface area contributed by atoms with Crippen LogP contribution in [0.3, 0.4) is 0 Å². The fourth-order valence-electron chi connectivity index (χ4n) is 1.85. The van der Waals surface area contributed by atoms with Crippen molar-refractivity contribution in [1.29, 1.82) is 0 Å². The number of rotatable bonds is 4. The lowest BCUT2D eigenvalue weighted by molar-refractivity contribution is -0.0449. The van der Waals surface area contributed by atoms with Crippen LogP contribution >= 0.6 is 15.9 Å². The van der Waals surface area contributed by atoms with Crippen LogP contribution in [-0.2, 0) is 9.47 Å². The summed E-state index contributed by atoms with van der Waals surface area (Å²) >= 11 is 3.49. The number of ether oxygens (including phenoxy) is 5. The lowest BCUT2D eigenvalue weighted by Crippen LogP contribution is -2.04. The molecular weight excluding hydrogens is 304 g/mol. The summed E-state index contributed by atoms with van der Waals surface area (Å²) in [5, 5.41) is 0. The van der Waals surface area contributed by atoms with E-state index in [1.165, 1.54) is 0 Å². The van der Waals surface area contributed by atoms with Crippen molar-refractivity contribution in [2.75, 3.05) is 34.5 Å². The van der Waals surface area contributed by atoms with Crippen molar-refractivity contribution in [2.45, 2.75) is 6.29 Å². The molecule has 1 aromatic rings. The fraction of sp³-hybridized carbons (Fsp3) is 0.500. The van der Waals surface area contributed by atoms with E-state index >= 15 is 0 Å².